The summed E-state index contributed by atoms with van der Waals surface area (Å²) in [4.78, 5) is 0. The Kier molecular flexibility index (Phi) is 8.77. The van der Waals surface area contributed by atoms with Crippen molar-refractivity contribution in [2.45, 2.75) is 19.4 Å². The molecule has 0 spiro atoms. The molecule has 1 aromatic heterocycles. The van der Waals surface area contributed by atoms with Crippen molar-refractivity contribution in [3.63, 3.8) is 0 Å². The number of hydrogen-bond acceptors (Lipinski definition) is 5. The van der Waals surface area contributed by atoms with E-state index in [1.807, 2.05) is 17.0 Å². The standard InChI is InChI=1S/C24H26Cl2N4OS/c1-16(6-9-28-32-3)29-17(2)18-4-5-23-19(12-18)7-10-30(23)21-13-20(15-27)24(22(26)14-21)31-11-8-25/h4-5,7,10,12-14,17,28-29H,1,6,8-9,11H2,2-3H3. The molecule has 0 aliphatic carbocycles. The van der Waals surface area contributed by atoms with Crippen molar-refractivity contribution in [3.8, 4) is 17.5 Å². The number of rotatable bonds is 11. The van der Waals surface area contributed by atoms with Crippen molar-refractivity contribution in [2.24, 2.45) is 0 Å². The summed E-state index contributed by atoms with van der Waals surface area (Å²) in [6.07, 6.45) is 4.86. The van der Waals surface area contributed by atoms with Gasteiger partial charge in [-0.3, -0.25) is 4.72 Å². The molecule has 5 nitrogen and oxygen atoms in total. The van der Waals surface area contributed by atoms with Gasteiger partial charge >= 0.3 is 0 Å². The first kappa shape index (κ1) is 24.3. The average molecular weight is 489 g/mol. The third kappa shape index (κ3) is 5.73. The molecule has 1 atom stereocenters. The van der Waals surface area contributed by atoms with Gasteiger partial charge in [-0.1, -0.05) is 36.2 Å². The predicted molar refractivity (Wildman–Crippen MR) is 136 cm³/mol. The van der Waals surface area contributed by atoms with Crippen LogP contribution in [0.4, 0.5) is 0 Å². The number of ether oxygens (including phenoxy) is 1. The Balaban J connectivity index is 1.84. The van der Waals surface area contributed by atoms with E-state index in [4.69, 9.17) is 27.9 Å². The molecule has 0 amide bonds. The van der Waals surface area contributed by atoms with Crippen LogP contribution in [0.3, 0.4) is 0 Å². The van der Waals surface area contributed by atoms with Crippen LogP contribution in [-0.2, 0) is 0 Å². The van der Waals surface area contributed by atoms with Crippen LogP contribution in [0.25, 0.3) is 16.6 Å². The van der Waals surface area contributed by atoms with Crippen LogP contribution in [-0.4, -0.2) is 29.9 Å². The molecule has 3 aromatic rings. The van der Waals surface area contributed by atoms with E-state index in [2.05, 4.69) is 53.9 Å². The zero-order valence-electron chi connectivity index (χ0n) is 18.1. The first-order valence-electron chi connectivity index (χ1n) is 10.2. The Morgan fingerprint density at radius 3 is 2.84 bits per heavy atom. The number of aromatic nitrogens is 1. The van der Waals surface area contributed by atoms with Crippen LogP contribution in [0.2, 0.25) is 5.02 Å². The van der Waals surface area contributed by atoms with E-state index in [1.165, 1.54) is 5.56 Å². The molecule has 0 radical (unpaired) electrons. The van der Waals surface area contributed by atoms with Crippen molar-refractivity contribution in [3.05, 3.63) is 71.0 Å². The second-order valence-electron chi connectivity index (χ2n) is 7.28. The maximum absolute atomic E-state index is 9.56. The van der Waals surface area contributed by atoms with Crippen molar-refractivity contribution in [1.82, 2.24) is 14.6 Å². The molecule has 1 unspecified atom stereocenters. The maximum atomic E-state index is 9.56. The summed E-state index contributed by atoms with van der Waals surface area (Å²) >= 11 is 13.7. The Bertz CT molecular complexity index is 1140. The minimum atomic E-state index is 0.141. The summed E-state index contributed by atoms with van der Waals surface area (Å²) in [6.45, 7) is 7.42. The predicted octanol–water partition coefficient (Wildman–Crippen LogP) is 6.20. The van der Waals surface area contributed by atoms with Gasteiger partial charge in [0.2, 0.25) is 0 Å². The number of hydrogen-bond donors (Lipinski definition) is 2. The first-order chi connectivity index (χ1) is 15.5. The van der Waals surface area contributed by atoms with E-state index in [1.54, 1.807) is 24.1 Å². The fraction of sp³-hybridized carbons (Fsp3) is 0.292. The molecule has 8 heteroatoms. The number of halogens is 2. The molecule has 3 rings (SSSR count). The minimum Gasteiger partial charge on any atom is -0.489 e. The number of nitrogens with zero attached hydrogens (tertiary/aromatic N) is 2. The number of benzene rings is 2. The largest absolute Gasteiger partial charge is 0.489 e. The molecule has 0 saturated heterocycles. The first-order valence-corrected chi connectivity index (χ1v) is 12.4. The van der Waals surface area contributed by atoms with E-state index >= 15 is 0 Å². The van der Waals surface area contributed by atoms with Gasteiger partial charge in [0.15, 0.2) is 5.75 Å². The monoisotopic (exact) mass is 488 g/mol. The van der Waals surface area contributed by atoms with Gasteiger partial charge in [0.1, 0.15) is 12.7 Å². The van der Waals surface area contributed by atoms with Crippen LogP contribution in [0.1, 0.15) is 30.5 Å². The van der Waals surface area contributed by atoms with Crippen LogP contribution < -0.4 is 14.8 Å². The smallest absolute Gasteiger partial charge is 0.155 e. The van der Waals surface area contributed by atoms with Crippen molar-refractivity contribution in [2.75, 3.05) is 25.3 Å². The Morgan fingerprint density at radius 1 is 1.31 bits per heavy atom. The molecule has 1 heterocycles. The summed E-state index contributed by atoms with van der Waals surface area (Å²) in [6, 6.07) is 14.3. The van der Waals surface area contributed by atoms with Crippen LogP contribution in [0.15, 0.2) is 54.9 Å². The van der Waals surface area contributed by atoms with Gasteiger partial charge in [-0.05, 0) is 55.5 Å². The van der Waals surface area contributed by atoms with Gasteiger partial charge in [0.25, 0.3) is 0 Å². The fourth-order valence-electron chi connectivity index (χ4n) is 3.51. The van der Waals surface area contributed by atoms with E-state index in [9.17, 15) is 5.26 Å². The molecule has 0 fully saturated rings. The summed E-state index contributed by atoms with van der Waals surface area (Å²) in [7, 11) is 0. The van der Waals surface area contributed by atoms with Gasteiger partial charge in [-0.2, -0.15) is 5.26 Å². The molecule has 0 aliphatic heterocycles. The molecular formula is C24H26Cl2N4OS. The summed E-state index contributed by atoms with van der Waals surface area (Å²) in [5.41, 5.74) is 4.39. The summed E-state index contributed by atoms with van der Waals surface area (Å²) < 4.78 is 10.8. The topological polar surface area (TPSA) is 62.0 Å². The molecule has 168 valence electrons. The van der Waals surface area contributed by atoms with Crippen molar-refractivity contribution >= 4 is 46.1 Å². The zero-order valence-corrected chi connectivity index (χ0v) is 20.4. The van der Waals surface area contributed by atoms with E-state index in [0.29, 0.717) is 22.2 Å². The van der Waals surface area contributed by atoms with E-state index in [-0.39, 0.29) is 12.6 Å². The third-order valence-corrected chi connectivity index (χ3v) is 5.99. The highest BCUT2D eigenvalue weighted by molar-refractivity contribution is 7.96. The highest BCUT2D eigenvalue weighted by atomic mass is 35.5. The number of fused-ring (bicyclic) bond motifs is 1. The van der Waals surface area contributed by atoms with Gasteiger partial charge in [0.05, 0.1) is 22.0 Å². The molecular weight excluding hydrogens is 463 g/mol. The summed E-state index contributed by atoms with van der Waals surface area (Å²) in [5, 5.41) is 14.5. The lowest BCUT2D eigenvalue weighted by atomic mass is 10.1. The lowest BCUT2D eigenvalue weighted by Crippen LogP contribution is -2.20. The molecule has 2 N–H and O–H groups in total. The van der Waals surface area contributed by atoms with Crippen LogP contribution in [0, 0.1) is 11.3 Å². The fourth-order valence-corrected chi connectivity index (χ4v) is 4.16. The van der Waals surface area contributed by atoms with Crippen LogP contribution >= 0.6 is 35.1 Å². The van der Waals surface area contributed by atoms with Crippen LogP contribution in [0.5, 0.6) is 5.75 Å². The third-order valence-electron chi connectivity index (χ3n) is 5.06. The number of nitriles is 1. The SMILES string of the molecule is C=C(CCNSC)NC(C)c1ccc2c(ccn2-c2cc(Cl)c(OCCCl)c(C#N)c2)c1. The lowest BCUT2D eigenvalue weighted by molar-refractivity contribution is 0.342. The normalized spacial score (nSPS) is 11.8. The lowest BCUT2D eigenvalue weighted by Gasteiger charge is -2.18. The minimum absolute atomic E-state index is 0.141. The molecule has 32 heavy (non-hydrogen) atoms. The second kappa shape index (κ2) is 11.5. The van der Waals surface area contributed by atoms with Gasteiger partial charge in [-0.25, -0.2) is 0 Å². The maximum Gasteiger partial charge on any atom is 0.155 e. The number of nitrogens with one attached hydrogen (secondary N) is 2. The van der Waals surface area contributed by atoms with E-state index in [0.717, 1.165) is 35.3 Å². The van der Waals surface area contributed by atoms with E-state index < -0.39 is 0 Å². The Morgan fingerprint density at radius 2 is 2.12 bits per heavy atom. The number of alkyl halides is 1. The average Bonchev–Trinajstić information content (AvgIpc) is 3.21. The van der Waals surface area contributed by atoms with Crippen molar-refractivity contribution in [1.29, 1.82) is 5.26 Å². The van der Waals surface area contributed by atoms with Gasteiger partial charge in [0, 0.05) is 35.6 Å². The quantitative estimate of drug-likeness (QED) is 0.191. The highest BCUT2D eigenvalue weighted by Gasteiger charge is 2.14. The molecule has 0 saturated carbocycles. The highest BCUT2D eigenvalue weighted by Crippen LogP contribution is 2.33. The second-order valence-corrected chi connectivity index (χ2v) is 8.76. The van der Waals surface area contributed by atoms with Crippen molar-refractivity contribution < 1.29 is 4.74 Å². The Labute approximate surface area is 203 Å². The van der Waals surface area contributed by atoms with Gasteiger partial charge < -0.3 is 14.6 Å². The summed E-state index contributed by atoms with van der Waals surface area (Å²) in [5.74, 6) is 0.688. The van der Waals surface area contributed by atoms with Gasteiger partial charge in [-0.15, -0.1) is 11.6 Å². The molecule has 2 aromatic carbocycles. The Hall–Kier alpha value is -2.30. The zero-order chi connectivity index (χ0) is 23.1. The molecule has 0 aliphatic rings. The molecule has 0 bridgehead atoms.